The molecule has 9 heteroatoms. The standard InChI is InChI=1S/C14H18N4O4S/c1-8-4-5-11(9(2)6-8)16-12(19)7-23(20,21)14-18-17-13(22-14)10(3)15/h4-6,10H,7,15H2,1-3H3,(H,16,19). The lowest BCUT2D eigenvalue weighted by atomic mass is 10.1. The van der Waals surface area contributed by atoms with Crippen molar-refractivity contribution in [2.45, 2.75) is 32.0 Å². The van der Waals surface area contributed by atoms with Crippen molar-refractivity contribution in [3.8, 4) is 0 Å². The number of nitrogens with two attached hydrogens (primary N) is 1. The molecule has 0 bridgehead atoms. The molecule has 0 aliphatic rings. The maximum atomic E-state index is 12.1. The topological polar surface area (TPSA) is 128 Å². The van der Waals surface area contributed by atoms with Gasteiger partial charge in [-0.1, -0.05) is 22.8 Å². The summed E-state index contributed by atoms with van der Waals surface area (Å²) in [4.78, 5) is 12.0. The van der Waals surface area contributed by atoms with Crippen molar-refractivity contribution in [3.63, 3.8) is 0 Å². The Kier molecular flexibility index (Phi) is 4.81. The summed E-state index contributed by atoms with van der Waals surface area (Å²) in [6.45, 7) is 5.33. The molecule has 0 fully saturated rings. The molecule has 0 saturated carbocycles. The summed E-state index contributed by atoms with van der Waals surface area (Å²) in [5, 5.41) is 8.93. The maximum absolute atomic E-state index is 12.1. The van der Waals surface area contributed by atoms with Crippen LogP contribution in [-0.2, 0) is 14.6 Å². The summed E-state index contributed by atoms with van der Waals surface area (Å²) >= 11 is 0. The van der Waals surface area contributed by atoms with E-state index in [4.69, 9.17) is 10.2 Å². The van der Waals surface area contributed by atoms with Crippen LogP contribution < -0.4 is 11.1 Å². The van der Waals surface area contributed by atoms with E-state index in [-0.39, 0.29) is 5.89 Å². The van der Waals surface area contributed by atoms with E-state index < -0.39 is 32.8 Å². The highest BCUT2D eigenvalue weighted by molar-refractivity contribution is 7.91. The van der Waals surface area contributed by atoms with Gasteiger partial charge in [-0.15, -0.1) is 5.10 Å². The first-order chi connectivity index (χ1) is 10.7. The Labute approximate surface area is 134 Å². The van der Waals surface area contributed by atoms with Gasteiger partial charge in [0.2, 0.25) is 21.6 Å². The molecule has 23 heavy (non-hydrogen) atoms. The van der Waals surface area contributed by atoms with Crippen LogP contribution in [0.25, 0.3) is 0 Å². The molecule has 0 saturated heterocycles. The van der Waals surface area contributed by atoms with Crippen LogP contribution in [-0.4, -0.2) is 30.3 Å². The smallest absolute Gasteiger partial charge is 0.336 e. The van der Waals surface area contributed by atoms with E-state index >= 15 is 0 Å². The van der Waals surface area contributed by atoms with E-state index in [9.17, 15) is 13.2 Å². The molecule has 1 atom stereocenters. The quantitative estimate of drug-likeness (QED) is 0.835. The minimum Gasteiger partial charge on any atom is -0.411 e. The van der Waals surface area contributed by atoms with Crippen molar-refractivity contribution in [2.24, 2.45) is 5.73 Å². The number of hydrogen-bond donors (Lipinski definition) is 2. The Bertz CT molecular complexity index is 827. The van der Waals surface area contributed by atoms with Gasteiger partial charge in [-0.25, -0.2) is 8.42 Å². The summed E-state index contributed by atoms with van der Waals surface area (Å²) in [5.41, 5.74) is 7.97. The Hall–Kier alpha value is -2.26. The van der Waals surface area contributed by atoms with E-state index in [1.54, 1.807) is 13.0 Å². The number of sulfone groups is 1. The molecule has 8 nitrogen and oxygen atoms in total. The lowest BCUT2D eigenvalue weighted by molar-refractivity contribution is -0.113. The van der Waals surface area contributed by atoms with Crippen LogP contribution in [0.4, 0.5) is 5.69 Å². The lowest BCUT2D eigenvalue weighted by Gasteiger charge is -2.08. The number of rotatable bonds is 5. The third-order valence-corrected chi connectivity index (χ3v) is 4.39. The van der Waals surface area contributed by atoms with Gasteiger partial charge < -0.3 is 15.5 Å². The van der Waals surface area contributed by atoms with Gasteiger partial charge in [-0.2, -0.15) is 0 Å². The van der Waals surface area contributed by atoms with Crippen LogP contribution in [0.2, 0.25) is 0 Å². The minimum absolute atomic E-state index is 0.00152. The van der Waals surface area contributed by atoms with Crippen LogP contribution in [0.1, 0.15) is 30.0 Å². The summed E-state index contributed by atoms with van der Waals surface area (Å²) in [7, 11) is -4.02. The van der Waals surface area contributed by atoms with E-state index in [0.29, 0.717) is 5.69 Å². The van der Waals surface area contributed by atoms with Crippen LogP contribution >= 0.6 is 0 Å². The molecule has 1 unspecified atom stereocenters. The van der Waals surface area contributed by atoms with E-state index in [0.717, 1.165) is 11.1 Å². The Morgan fingerprint density at radius 1 is 1.35 bits per heavy atom. The van der Waals surface area contributed by atoms with Crippen molar-refractivity contribution < 1.29 is 17.6 Å². The predicted octanol–water partition coefficient (Wildman–Crippen LogP) is 1.12. The van der Waals surface area contributed by atoms with E-state index in [2.05, 4.69) is 15.5 Å². The first-order valence-electron chi connectivity index (χ1n) is 6.88. The number of nitrogens with one attached hydrogen (secondary N) is 1. The zero-order valence-electron chi connectivity index (χ0n) is 13.0. The molecule has 0 radical (unpaired) electrons. The van der Waals surface area contributed by atoms with Gasteiger partial charge in [0.1, 0.15) is 5.75 Å². The number of amides is 1. The highest BCUT2D eigenvalue weighted by Crippen LogP contribution is 2.17. The van der Waals surface area contributed by atoms with Gasteiger partial charge in [0.05, 0.1) is 6.04 Å². The summed E-state index contributed by atoms with van der Waals surface area (Å²) in [5.74, 6) is -1.48. The van der Waals surface area contributed by atoms with Crippen molar-refractivity contribution in [3.05, 3.63) is 35.2 Å². The number of hydrogen-bond acceptors (Lipinski definition) is 7. The van der Waals surface area contributed by atoms with Crippen molar-refractivity contribution in [1.82, 2.24) is 10.2 Å². The second-order valence-corrected chi connectivity index (χ2v) is 7.19. The van der Waals surface area contributed by atoms with Gasteiger partial charge in [0.15, 0.2) is 0 Å². The largest absolute Gasteiger partial charge is 0.411 e. The molecule has 124 valence electrons. The molecule has 0 aliphatic carbocycles. The van der Waals surface area contributed by atoms with Crippen molar-refractivity contribution >= 4 is 21.4 Å². The van der Waals surface area contributed by atoms with Crippen LogP contribution in [0.15, 0.2) is 27.8 Å². The fourth-order valence-electron chi connectivity index (χ4n) is 1.90. The molecule has 2 aromatic rings. The third kappa shape index (κ3) is 4.14. The lowest BCUT2D eigenvalue weighted by Crippen LogP contribution is -2.23. The molecular formula is C14H18N4O4S. The second kappa shape index (κ2) is 6.47. The molecular weight excluding hydrogens is 320 g/mol. The summed E-state index contributed by atoms with van der Waals surface area (Å²) < 4.78 is 29.2. The molecule has 1 aromatic heterocycles. The molecule has 1 amide bonds. The van der Waals surface area contributed by atoms with Gasteiger partial charge in [-0.3, -0.25) is 4.79 Å². The average Bonchev–Trinajstić information content (AvgIpc) is 2.92. The van der Waals surface area contributed by atoms with Crippen LogP contribution in [0.5, 0.6) is 0 Å². The van der Waals surface area contributed by atoms with Crippen molar-refractivity contribution in [2.75, 3.05) is 11.1 Å². The highest BCUT2D eigenvalue weighted by Gasteiger charge is 2.26. The first-order valence-corrected chi connectivity index (χ1v) is 8.53. The number of benzene rings is 1. The molecule has 0 aliphatic heterocycles. The average molecular weight is 338 g/mol. The number of nitrogens with zero attached hydrogens (tertiary/aromatic N) is 2. The predicted molar refractivity (Wildman–Crippen MR) is 83.5 cm³/mol. The molecule has 0 spiro atoms. The summed E-state index contributed by atoms with van der Waals surface area (Å²) in [6, 6.07) is 4.84. The Morgan fingerprint density at radius 2 is 2.04 bits per heavy atom. The molecule has 1 heterocycles. The van der Waals surface area contributed by atoms with E-state index in [1.807, 2.05) is 26.0 Å². The summed E-state index contributed by atoms with van der Waals surface area (Å²) in [6.07, 6.45) is 0. The molecule has 3 N–H and O–H groups in total. The van der Waals surface area contributed by atoms with Crippen LogP contribution in [0, 0.1) is 13.8 Å². The van der Waals surface area contributed by atoms with E-state index in [1.165, 1.54) is 0 Å². The van der Waals surface area contributed by atoms with Gasteiger partial charge in [0.25, 0.3) is 0 Å². The number of carbonyl (C=O) groups excluding carboxylic acids is 1. The maximum Gasteiger partial charge on any atom is 0.336 e. The molecule has 1 aromatic carbocycles. The zero-order valence-corrected chi connectivity index (χ0v) is 13.8. The molecule has 2 rings (SSSR count). The van der Waals surface area contributed by atoms with Gasteiger partial charge in [0, 0.05) is 5.69 Å². The number of carbonyl (C=O) groups is 1. The third-order valence-electron chi connectivity index (χ3n) is 3.05. The number of aryl methyl sites for hydroxylation is 2. The van der Waals surface area contributed by atoms with Crippen LogP contribution in [0.3, 0.4) is 0 Å². The minimum atomic E-state index is -4.02. The monoisotopic (exact) mass is 338 g/mol. The SMILES string of the molecule is Cc1ccc(NC(=O)CS(=O)(=O)c2nnc(C(C)N)o2)c(C)c1. The fraction of sp³-hybridized carbons (Fsp3) is 0.357. The first kappa shape index (κ1) is 17.1. The fourth-order valence-corrected chi connectivity index (χ4v) is 2.82. The van der Waals surface area contributed by atoms with Crippen molar-refractivity contribution in [1.29, 1.82) is 0 Å². The Morgan fingerprint density at radius 3 is 2.61 bits per heavy atom. The number of anilines is 1. The number of aromatic nitrogens is 2. The second-order valence-electron chi connectivity index (χ2n) is 5.32. The van der Waals surface area contributed by atoms with Gasteiger partial charge in [-0.05, 0) is 32.4 Å². The van der Waals surface area contributed by atoms with Gasteiger partial charge >= 0.3 is 5.22 Å². The zero-order chi connectivity index (χ0) is 17.2. The Balaban J connectivity index is 2.11. The normalized spacial score (nSPS) is 12.9. The highest BCUT2D eigenvalue weighted by atomic mass is 32.2.